The SMILES string of the molecule is Cc1ccc(C(=O)O)cc1S(=O)(=O)NNC(=O)c1c[nH]c2ccccc12. The van der Waals surface area contributed by atoms with Crippen molar-refractivity contribution in [2.75, 3.05) is 0 Å². The number of aromatic nitrogens is 1. The highest BCUT2D eigenvalue weighted by molar-refractivity contribution is 7.89. The van der Waals surface area contributed by atoms with E-state index in [4.69, 9.17) is 5.11 Å². The lowest BCUT2D eigenvalue weighted by Gasteiger charge is -2.11. The number of aryl methyl sites for hydroxylation is 1. The van der Waals surface area contributed by atoms with Crippen LogP contribution in [0.4, 0.5) is 0 Å². The molecule has 2 aromatic carbocycles. The zero-order chi connectivity index (χ0) is 18.9. The Balaban J connectivity index is 1.83. The molecule has 8 nitrogen and oxygen atoms in total. The van der Waals surface area contributed by atoms with Gasteiger partial charge in [-0.25, -0.2) is 13.2 Å². The van der Waals surface area contributed by atoms with E-state index in [0.717, 1.165) is 11.6 Å². The summed E-state index contributed by atoms with van der Waals surface area (Å²) in [5.74, 6) is -1.89. The van der Waals surface area contributed by atoms with Gasteiger partial charge >= 0.3 is 5.97 Å². The number of sulfonamides is 1. The van der Waals surface area contributed by atoms with Crippen LogP contribution in [-0.4, -0.2) is 30.4 Å². The molecule has 0 fully saturated rings. The summed E-state index contributed by atoms with van der Waals surface area (Å²) in [6.45, 7) is 1.53. The van der Waals surface area contributed by atoms with Gasteiger partial charge in [-0.15, -0.1) is 4.83 Å². The van der Waals surface area contributed by atoms with E-state index in [9.17, 15) is 18.0 Å². The first-order valence-electron chi connectivity index (χ1n) is 7.52. The third-order valence-electron chi connectivity index (χ3n) is 3.86. The summed E-state index contributed by atoms with van der Waals surface area (Å²) in [6, 6.07) is 10.8. The first kappa shape index (κ1) is 17.6. The standard InChI is InChI=1S/C17H15N3O5S/c1-10-6-7-11(17(22)23)8-15(10)26(24,25)20-19-16(21)13-9-18-14-5-3-2-4-12(13)14/h2-9,18,20H,1H3,(H,19,21)(H,22,23). The van der Waals surface area contributed by atoms with E-state index in [1.165, 1.54) is 25.3 Å². The molecule has 0 saturated carbocycles. The number of nitrogens with one attached hydrogen (secondary N) is 3. The number of amides is 1. The van der Waals surface area contributed by atoms with E-state index in [1.807, 2.05) is 4.83 Å². The van der Waals surface area contributed by atoms with Crippen molar-refractivity contribution in [1.82, 2.24) is 15.2 Å². The Hall–Kier alpha value is -3.17. The number of carbonyl (C=O) groups is 2. The molecule has 0 bridgehead atoms. The number of hydrogen-bond donors (Lipinski definition) is 4. The maximum Gasteiger partial charge on any atom is 0.335 e. The van der Waals surface area contributed by atoms with Crippen LogP contribution in [-0.2, 0) is 10.0 Å². The molecule has 3 rings (SSSR count). The molecule has 0 aliphatic rings. The second-order valence-electron chi connectivity index (χ2n) is 5.59. The quantitative estimate of drug-likeness (QED) is 0.507. The Kier molecular flexibility index (Phi) is 4.49. The van der Waals surface area contributed by atoms with Crippen LogP contribution >= 0.6 is 0 Å². The Bertz CT molecular complexity index is 1120. The Morgan fingerprint density at radius 1 is 1.12 bits per heavy atom. The molecule has 9 heteroatoms. The summed E-state index contributed by atoms with van der Waals surface area (Å²) in [6.07, 6.45) is 1.48. The number of carbonyl (C=O) groups excluding carboxylic acids is 1. The van der Waals surface area contributed by atoms with Gasteiger partial charge in [-0.05, 0) is 30.7 Å². The molecule has 0 spiro atoms. The normalized spacial score (nSPS) is 11.4. The van der Waals surface area contributed by atoms with E-state index in [2.05, 4.69) is 10.4 Å². The number of aromatic amines is 1. The zero-order valence-corrected chi connectivity index (χ0v) is 14.4. The Labute approximate surface area is 148 Å². The van der Waals surface area contributed by atoms with Crippen molar-refractivity contribution in [2.45, 2.75) is 11.8 Å². The fourth-order valence-electron chi connectivity index (χ4n) is 2.52. The van der Waals surface area contributed by atoms with Crippen molar-refractivity contribution in [3.05, 3.63) is 65.4 Å². The van der Waals surface area contributed by atoms with Crippen LogP contribution in [0.1, 0.15) is 26.3 Å². The van der Waals surface area contributed by atoms with E-state index in [1.54, 1.807) is 24.3 Å². The molecule has 0 saturated heterocycles. The number of para-hydroxylation sites is 1. The molecule has 1 heterocycles. The summed E-state index contributed by atoms with van der Waals surface area (Å²) < 4.78 is 24.9. The van der Waals surface area contributed by atoms with E-state index in [0.29, 0.717) is 10.9 Å². The van der Waals surface area contributed by atoms with Crippen LogP contribution in [0.5, 0.6) is 0 Å². The molecule has 4 N–H and O–H groups in total. The molecule has 1 amide bonds. The van der Waals surface area contributed by atoms with Gasteiger partial charge in [0.15, 0.2) is 0 Å². The summed E-state index contributed by atoms with van der Waals surface area (Å²) in [7, 11) is -4.14. The van der Waals surface area contributed by atoms with Gasteiger partial charge in [0.1, 0.15) is 0 Å². The highest BCUT2D eigenvalue weighted by Crippen LogP contribution is 2.18. The molecule has 1 aromatic heterocycles. The lowest BCUT2D eigenvalue weighted by atomic mass is 10.1. The maximum atomic E-state index is 12.4. The molecule has 0 atom stereocenters. The largest absolute Gasteiger partial charge is 0.478 e. The van der Waals surface area contributed by atoms with Crippen molar-refractivity contribution in [3.63, 3.8) is 0 Å². The van der Waals surface area contributed by atoms with Gasteiger partial charge in [0.05, 0.1) is 16.0 Å². The Morgan fingerprint density at radius 3 is 2.58 bits per heavy atom. The number of hydrogen-bond acceptors (Lipinski definition) is 4. The number of hydrazine groups is 1. The van der Waals surface area contributed by atoms with Gasteiger partial charge in [-0.1, -0.05) is 24.3 Å². The maximum absolute atomic E-state index is 12.4. The predicted octanol–water partition coefficient (Wildman–Crippen LogP) is 1.80. The molecule has 26 heavy (non-hydrogen) atoms. The van der Waals surface area contributed by atoms with Crippen molar-refractivity contribution in [3.8, 4) is 0 Å². The smallest absolute Gasteiger partial charge is 0.335 e. The number of benzene rings is 2. The highest BCUT2D eigenvalue weighted by atomic mass is 32.2. The van der Waals surface area contributed by atoms with Crippen molar-refractivity contribution in [2.24, 2.45) is 0 Å². The second kappa shape index (κ2) is 6.62. The van der Waals surface area contributed by atoms with Crippen LogP contribution in [0.25, 0.3) is 10.9 Å². The molecular formula is C17H15N3O5S. The topological polar surface area (TPSA) is 128 Å². The summed E-state index contributed by atoms with van der Waals surface area (Å²) >= 11 is 0. The third kappa shape index (κ3) is 3.30. The summed E-state index contributed by atoms with van der Waals surface area (Å²) in [5.41, 5.74) is 3.35. The van der Waals surface area contributed by atoms with E-state index >= 15 is 0 Å². The first-order valence-corrected chi connectivity index (χ1v) is 9.00. The molecule has 0 radical (unpaired) electrons. The molecule has 134 valence electrons. The van der Waals surface area contributed by atoms with Gasteiger partial charge < -0.3 is 10.1 Å². The number of carboxylic acids is 1. The summed E-state index contributed by atoms with van der Waals surface area (Å²) in [4.78, 5) is 28.1. The summed E-state index contributed by atoms with van der Waals surface area (Å²) in [5, 5.41) is 9.67. The van der Waals surface area contributed by atoms with Gasteiger partial charge in [0.2, 0.25) is 0 Å². The number of aromatic carboxylic acids is 1. The number of carboxylic acid groups (broad SMARTS) is 1. The van der Waals surface area contributed by atoms with Crippen molar-refractivity contribution < 1.29 is 23.1 Å². The van der Waals surface area contributed by atoms with Crippen LogP contribution in [0.2, 0.25) is 0 Å². The van der Waals surface area contributed by atoms with E-state index in [-0.39, 0.29) is 16.0 Å². The lowest BCUT2D eigenvalue weighted by Crippen LogP contribution is -2.41. The predicted molar refractivity (Wildman–Crippen MR) is 94.2 cm³/mol. The average Bonchev–Trinajstić information content (AvgIpc) is 3.04. The van der Waals surface area contributed by atoms with Gasteiger partial charge in [-0.2, -0.15) is 0 Å². The number of fused-ring (bicyclic) bond motifs is 1. The number of rotatable bonds is 5. The highest BCUT2D eigenvalue weighted by Gasteiger charge is 2.21. The fraction of sp³-hybridized carbons (Fsp3) is 0.0588. The minimum atomic E-state index is -4.14. The first-order chi connectivity index (χ1) is 12.3. The molecular weight excluding hydrogens is 358 g/mol. The Morgan fingerprint density at radius 2 is 1.85 bits per heavy atom. The van der Waals surface area contributed by atoms with Gasteiger partial charge in [0, 0.05) is 17.1 Å². The molecule has 3 aromatic rings. The lowest BCUT2D eigenvalue weighted by molar-refractivity contribution is 0.0696. The zero-order valence-electron chi connectivity index (χ0n) is 13.6. The van der Waals surface area contributed by atoms with Crippen molar-refractivity contribution in [1.29, 1.82) is 0 Å². The van der Waals surface area contributed by atoms with Crippen LogP contribution in [0.15, 0.2) is 53.6 Å². The fourth-order valence-corrected chi connectivity index (χ4v) is 3.63. The minimum Gasteiger partial charge on any atom is -0.478 e. The average molecular weight is 373 g/mol. The van der Waals surface area contributed by atoms with Gasteiger partial charge in [0.25, 0.3) is 15.9 Å². The van der Waals surface area contributed by atoms with E-state index < -0.39 is 21.9 Å². The van der Waals surface area contributed by atoms with Crippen LogP contribution in [0, 0.1) is 6.92 Å². The van der Waals surface area contributed by atoms with Crippen LogP contribution in [0.3, 0.4) is 0 Å². The number of H-pyrrole nitrogens is 1. The van der Waals surface area contributed by atoms with Crippen molar-refractivity contribution >= 4 is 32.8 Å². The van der Waals surface area contributed by atoms with Gasteiger partial charge in [-0.3, -0.25) is 10.2 Å². The molecule has 0 unspecified atom stereocenters. The monoisotopic (exact) mass is 373 g/mol. The molecule has 0 aliphatic heterocycles. The second-order valence-corrected chi connectivity index (χ2v) is 7.24. The molecule has 0 aliphatic carbocycles. The third-order valence-corrected chi connectivity index (χ3v) is 5.25. The van der Waals surface area contributed by atoms with Crippen LogP contribution < -0.4 is 10.3 Å². The minimum absolute atomic E-state index is 0.168.